The minimum atomic E-state index is -0.502. The van der Waals surface area contributed by atoms with Crippen LogP contribution in [0.5, 0.6) is 5.75 Å². The molecule has 1 heterocycles. The maximum atomic E-state index is 11.1. The number of carbonyl (C=O) groups excluding carboxylic acids is 1. The minimum absolute atomic E-state index is 0. The van der Waals surface area contributed by atoms with Crippen LogP contribution >= 0.6 is 12.4 Å². The van der Waals surface area contributed by atoms with Gasteiger partial charge in [-0.25, -0.2) is 0 Å². The number of fused-ring (bicyclic) bond motifs is 1. The Morgan fingerprint density at radius 3 is 2.81 bits per heavy atom. The van der Waals surface area contributed by atoms with Crippen LogP contribution in [-0.4, -0.2) is 18.0 Å². The lowest BCUT2D eigenvalue weighted by Crippen LogP contribution is -2.12. The second kappa shape index (κ2) is 4.81. The number of methoxy groups -OCH3 is 1. The second-order valence-corrected chi connectivity index (χ2v) is 3.11. The molecule has 16 heavy (non-hydrogen) atoms. The highest BCUT2D eigenvalue weighted by Crippen LogP contribution is 2.23. The molecule has 0 unspecified atom stereocenters. The van der Waals surface area contributed by atoms with Gasteiger partial charge in [0.15, 0.2) is 0 Å². The van der Waals surface area contributed by atoms with Crippen LogP contribution < -0.4 is 10.5 Å². The molecular formula is C11H11ClN2O2. The molecule has 84 valence electrons. The molecule has 0 aliphatic heterocycles. The number of carbonyl (C=O) groups is 1. The van der Waals surface area contributed by atoms with E-state index >= 15 is 0 Å². The molecule has 2 aromatic rings. The maximum Gasteiger partial charge on any atom is 0.252 e. The van der Waals surface area contributed by atoms with Crippen molar-refractivity contribution in [1.29, 1.82) is 0 Å². The van der Waals surface area contributed by atoms with Crippen LogP contribution in [0.1, 0.15) is 10.4 Å². The van der Waals surface area contributed by atoms with Crippen molar-refractivity contribution in [1.82, 2.24) is 4.98 Å². The quantitative estimate of drug-likeness (QED) is 0.867. The lowest BCUT2D eigenvalue weighted by molar-refractivity contribution is 0.0997. The lowest BCUT2D eigenvalue weighted by atomic mass is 10.1. The Kier molecular flexibility index (Phi) is 3.68. The summed E-state index contributed by atoms with van der Waals surface area (Å²) in [7, 11) is 1.50. The third-order valence-corrected chi connectivity index (χ3v) is 2.19. The van der Waals surface area contributed by atoms with Crippen LogP contribution in [0, 0.1) is 0 Å². The van der Waals surface area contributed by atoms with Gasteiger partial charge in [0, 0.05) is 17.6 Å². The van der Waals surface area contributed by atoms with E-state index in [0.29, 0.717) is 11.3 Å². The monoisotopic (exact) mass is 238 g/mol. The first-order valence-electron chi connectivity index (χ1n) is 4.45. The van der Waals surface area contributed by atoms with Gasteiger partial charge in [0.1, 0.15) is 5.75 Å². The van der Waals surface area contributed by atoms with Gasteiger partial charge in [-0.3, -0.25) is 9.78 Å². The predicted molar refractivity (Wildman–Crippen MR) is 64.1 cm³/mol. The van der Waals surface area contributed by atoms with Crippen molar-refractivity contribution in [2.24, 2.45) is 5.73 Å². The highest BCUT2D eigenvalue weighted by atomic mass is 35.5. The molecule has 2 N–H and O–H groups in total. The fourth-order valence-corrected chi connectivity index (χ4v) is 1.46. The van der Waals surface area contributed by atoms with Crippen LogP contribution in [0.3, 0.4) is 0 Å². The zero-order valence-corrected chi connectivity index (χ0v) is 9.45. The smallest absolute Gasteiger partial charge is 0.252 e. The molecule has 0 saturated carbocycles. The van der Waals surface area contributed by atoms with Crippen LogP contribution in [0.4, 0.5) is 0 Å². The Morgan fingerprint density at radius 1 is 1.44 bits per heavy atom. The van der Waals surface area contributed by atoms with E-state index in [2.05, 4.69) is 4.98 Å². The zero-order valence-electron chi connectivity index (χ0n) is 8.64. The van der Waals surface area contributed by atoms with Crippen LogP contribution in [0.15, 0.2) is 30.5 Å². The molecule has 0 aliphatic rings. The molecule has 5 heteroatoms. The molecule has 0 radical (unpaired) electrons. The number of ether oxygens (including phenoxy) is 1. The summed E-state index contributed by atoms with van der Waals surface area (Å²) in [5, 5.41) is 0.868. The number of rotatable bonds is 2. The maximum absolute atomic E-state index is 11.1. The van der Waals surface area contributed by atoms with Crippen molar-refractivity contribution in [3.05, 3.63) is 36.0 Å². The number of nitrogens with zero attached hydrogens (tertiary/aromatic N) is 1. The van der Waals surface area contributed by atoms with Crippen molar-refractivity contribution in [2.45, 2.75) is 0 Å². The molecule has 2 rings (SSSR count). The molecule has 0 bridgehead atoms. The molecule has 1 aromatic carbocycles. The summed E-state index contributed by atoms with van der Waals surface area (Å²) in [4.78, 5) is 15.3. The highest BCUT2D eigenvalue weighted by Gasteiger charge is 2.10. The molecule has 1 aromatic heterocycles. The number of amides is 1. The molecule has 0 fully saturated rings. The van der Waals surface area contributed by atoms with E-state index in [4.69, 9.17) is 10.5 Å². The largest absolute Gasteiger partial charge is 0.496 e. The molecule has 1 amide bonds. The first-order valence-corrected chi connectivity index (χ1v) is 4.45. The molecular weight excluding hydrogens is 228 g/mol. The van der Waals surface area contributed by atoms with Crippen LogP contribution in [-0.2, 0) is 0 Å². The Hall–Kier alpha value is -1.81. The molecule has 0 aliphatic carbocycles. The number of halogens is 1. The van der Waals surface area contributed by atoms with Crippen LogP contribution in [0.2, 0.25) is 0 Å². The van der Waals surface area contributed by atoms with E-state index in [1.54, 1.807) is 24.4 Å². The zero-order chi connectivity index (χ0) is 10.8. The lowest BCUT2D eigenvalue weighted by Gasteiger charge is -2.06. The first kappa shape index (κ1) is 12.3. The topological polar surface area (TPSA) is 65.2 Å². The van der Waals surface area contributed by atoms with Crippen molar-refractivity contribution < 1.29 is 9.53 Å². The van der Waals surface area contributed by atoms with Crippen molar-refractivity contribution in [2.75, 3.05) is 7.11 Å². The summed E-state index contributed by atoms with van der Waals surface area (Å²) in [6.07, 6.45) is 1.69. The number of hydrogen-bond donors (Lipinski definition) is 1. The normalized spacial score (nSPS) is 9.56. The van der Waals surface area contributed by atoms with E-state index in [0.717, 1.165) is 10.9 Å². The molecule has 0 saturated heterocycles. The van der Waals surface area contributed by atoms with Crippen molar-refractivity contribution in [3.63, 3.8) is 0 Å². The average molecular weight is 239 g/mol. The Balaban J connectivity index is 0.00000128. The number of primary amides is 1. The Labute approximate surface area is 98.8 Å². The average Bonchev–Trinajstić information content (AvgIpc) is 2.27. The summed E-state index contributed by atoms with van der Waals surface area (Å²) in [5.74, 6) is -0.0497. The van der Waals surface area contributed by atoms with Gasteiger partial charge in [0.2, 0.25) is 0 Å². The summed E-state index contributed by atoms with van der Waals surface area (Å²) >= 11 is 0. The van der Waals surface area contributed by atoms with Gasteiger partial charge in [-0.15, -0.1) is 12.4 Å². The first-order chi connectivity index (χ1) is 7.22. The van der Waals surface area contributed by atoms with Crippen molar-refractivity contribution in [3.8, 4) is 5.75 Å². The van der Waals surface area contributed by atoms with Gasteiger partial charge < -0.3 is 10.5 Å². The number of aromatic nitrogens is 1. The van der Waals surface area contributed by atoms with Crippen LogP contribution in [0.25, 0.3) is 10.9 Å². The number of benzene rings is 1. The molecule has 0 spiro atoms. The van der Waals surface area contributed by atoms with E-state index in [-0.39, 0.29) is 12.4 Å². The van der Waals surface area contributed by atoms with Gasteiger partial charge in [-0.05, 0) is 12.1 Å². The Morgan fingerprint density at radius 2 is 2.19 bits per heavy atom. The summed E-state index contributed by atoms with van der Waals surface area (Å²) in [6.45, 7) is 0. The fourth-order valence-electron chi connectivity index (χ4n) is 1.46. The Bertz CT molecular complexity index is 528. The van der Waals surface area contributed by atoms with E-state index in [1.165, 1.54) is 7.11 Å². The summed E-state index contributed by atoms with van der Waals surface area (Å²) < 4.78 is 5.07. The highest BCUT2D eigenvalue weighted by molar-refractivity contribution is 5.99. The van der Waals surface area contributed by atoms with E-state index in [9.17, 15) is 4.79 Å². The fraction of sp³-hybridized carbons (Fsp3) is 0.0909. The molecule has 4 nitrogen and oxygen atoms in total. The number of pyridine rings is 1. The SMILES string of the molecule is COc1cc2ncccc2cc1C(N)=O.Cl. The van der Waals surface area contributed by atoms with Gasteiger partial charge in [-0.2, -0.15) is 0 Å². The minimum Gasteiger partial charge on any atom is -0.496 e. The van der Waals surface area contributed by atoms with Gasteiger partial charge in [-0.1, -0.05) is 6.07 Å². The van der Waals surface area contributed by atoms with Crippen molar-refractivity contribution >= 4 is 29.2 Å². The second-order valence-electron chi connectivity index (χ2n) is 3.11. The number of hydrogen-bond acceptors (Lipinski definition) is 3. The van der Waals surface area contributed by atoms with Gasteiger partial charge >= 0.3 is 0 Å². The standard InChI is InChI=1S/C11H10N2O2.ClH/c1-15-10-6-9-7(3-2-4-13-9)5-8(10)11(12)14;/h2-6H,1H3,(H2,12,14);1H. The number of nitrogens with two attached hydrogens (primary N) is 1. The van der Waals surface area contributed by atoms with Gasteiger partial charge in [0.05, 0.1) is 18.2 Å². The summed E-state index contributed by atoms with van der Waals surface area (Å²) in [6, 6.07) is 7.06. The third-order valence-electron chi connectivity index (χ3n) is 2.19. The van der Waals surface area contributed by atoms with E-state index < -0.39 is 5.91 Å². The van der Waals surface area contributed by atoms with E-state index in [1.807, 2.05) is 6.07 Å². The molecule has 0 atom stereocenters. The third kappa shape index (κ3) is 2.06. The van der Waals surface area contributed by atoms with Gasteiger partial charge in [0.25, 0.3) is 5.91 Å². The predicted octanol–water partition coefficient (Wildman–Crippen LogP) is 1.76. The summed E-state index contributed by atoms with van der Waals surface area (Å²) in [5.41, 5.74) is 6.39.